The highest BCUT2D eigenvalue weighted by molar-refractivity contribution is 6.37. The molecule has 0 aromatic heterocycles. The minimum atomic E-state index is 0.0133. The van der Waals surface area contributed by atoms with Crippen molar-refractivity contribution in [2.45, 2.75) is 19.5 Å². The molecule has 1 atom stereocenters. The molecule has 0 radical (unpaired) electrons. The van der Waals surface area contributed by atoms with Gasteiger partial charge in [0, 0.05) is 47.2 Å². The van der Waals surface area contributed by atoms with E-state index in [2.05, 4.69) is 26.7 Å². The predicted molar refractivity (Wildman–Crippen MR) is 121 cm³/mol. The van der Waals surface area contributed by atoms with Crippen LogP contribution in [0.1, 0.15) is 17.5 Å². The Morgan fingerprint density at radius 1 is 1.21 bits per heavy atom. The van der Waals surface area contributed by atoms with E-state index in [0.717, 1.165) is 40.1 Å². The van der Waals surface area contributed by atoms with Gasteiger partial charge in [0.15, 0.2) is 0 Å². The minimum absolute atomic E-state index is 0.0133. The molecule has 0 bridgehead atoms. The summed E-state index contributed by atoms with van der Waals surface area (Å²) in [6.07, 6.45) is 4.74. The molecule has 4 rings (SSSR count). The number of likely N-dealkylation sites (N-methyl/N-ethyl adjacent to an activating group) is 1. The molecule has 150 valence electrons. The van der Waals surface area contributed by atoms with E-state index in [1.54, 1.807) is 7.11 Å². The van der Waals surface area contributed by atoms with Crippen molar-refractivity contribution in [3.63, 3.8) is 0 Å². The van der Waals surface area contributed by atoms with Crippen LogP contribution in [-0.2, 0) is 0 Å². The van der Waals surface area contributed by atoms with Crippen LogP contribution in [0, 0.1) is 6.92 Å². The smallest absolute Gasteiger partial charge is 0.202 e. The summed E-state index contributed by atoms with van der Waals surface area (Å²) in [5, 5.41) is 8.10. The van der Waals surface area contributed by atoms with Crippen molar-refractivity contribution in [3.8, 4) is 5.75 Å². The third-order valence-electron chi connectivity index (χ3n) is 5.09. The number of fused-ring (bicyclic) bond motifs is 1. The van der Waals surface area contributed by atoms with Gasteiger partial charge in [-0.3, -0.25) is 0 Å². The Hall–Kier alpha value is -2.63. The van der Waals surface area contributed by atoms with E-state index in [1.807, 2.05) is 56.6 Å². The van der Waals surface area contributed by atoms with E-state index in [1.165, 1.54) is 0 Å². The second-order valence-electron chi connectivity index (χ2n) is 7.13. The van der Waals surface area contributed by atoms with E-state index < -0.39 is 0 Å². The van der Waals surface area contributed by atoms with E-state index in [4.69, 9.17) is 27.9 Å². The van der Waals surface area contributed by atoms with Gasteiger partial charge in [-0.2, -0.15) is 0 Å². The third kappa shape index (κ3) is 3.93. The van der Waals surface area contributed by atoms with Crippen LogP contribution in [0.25, 0.3) is 5.57 Å². The highest BCUT2D eigenvalue weighted by Crippen LogP contribution is 2.38. The number of hydrogen-bond donors (Lipinski definition) is 2. The number of aliphatic imine (C=N–C) groups is 1. The molecule has 0 amide bonds. The molecule has 7 heteroatoms. The Balaban J connectivity index is 1.56. The van der Waals surface area contributed by atoms with Gasteiger partial charge in [0.1, 0.15) is 11.9 Å². The summed E-state index contributed by atoms with van der Waals surface area (Å²) >= 11 is 12.8. The number of ether oxygens (including phenoxy) is 1. The van der Waals surface area contributed by atoms with Gasteiger partial charge in [-0.1, -0.05) is 29.3 Å². The molecule has 0 aliphatic carbocycles. The van der Waals surface area contributed by atoms with E-state index in [-0.39, 0.29) is 6.17 Å². The van der Waals surface area contributed by atoms with Crippen molar-refractivity contribution in [3.05, 3.63) is 75.5 Å². The first-order valence-corrected chi connectivity index (χ1v) is 10.0. The first-order chi connectivity index (χ1) is 14.0. The quantitative estimate of drug-likeness (QED) is 0.698. The first-order valence-electron chi connectivity index (χ1n) is 9.28. The molecule has 2 aromatic rings. The Kier molecular flexibility index (Phi) is 5.43. The number of benzene rings is 2. The number of halogens is 2. The summed E-state index contributed by atoms with van der Waals surface area (Å²) < 4.78 is 5.32. The van der Waals surface area contributed by atoms with Gasteiger partial charge in [0.2, 0.25) is 5.96 Å². The highest BCUT2D eigenvalue weighted by Gasteiger charge is 2.29. The maximum absolute atomic E-state index is 6.41. The fraction of sp³-hybridized carbons (Fsp3) is 0.227. The van der Waals surface area contributed by atoms with Gasteiger partial charge in [0.25, 0.3) is 0 Å². The zero-order valence-electron chi connectivity index (χ0n) is 16.5. The lowest BCUT2D eigenvalue weighted by Crippen LogP contribution is -2.50. The number of nitrogens with one attached hydrogen (secondary N) is 2. The predicted octanol–water partition coefficient (Wildman–Crippen LogP) is 5.27. The second-order valence-corrected chi connectivity index (χ2v) is 7.95. The molecule has 0 fully saturated rings. The molecular formula is C22H22Cl2N4O. The second kappa shape index (κ2) is 8.01. The van der Waals surface area contributed by atoms with Gasteiger partial charge in [-0.25, -0.2) is 4.99 Å². The van der Waals surface area contributed by atoms with Crippen molar-refractivity contribution < 1.29 is 4.74 Å². The summed E-state index contributed by atoms with van der Waals surface area (Å²) in [5.41, 5.74) is 5.11. The number of guanidine groups is 1. The fourth-order valence-corrected chi connectivity index (χ4v) is 4.33. The molecule has 1 unspecified atom stereocenters. The summed E-state index contributed by atoms with van der Waals surface area (Å²) in [6.45, 7) is 2.01. The third-order valence-corrected chi connectivity index (χ3v) is 5.72. The van der Waals surface area contributed by atoms with E-state index in [9.17, 15) is 0 Å². The van der Waals surface area contributed by atoms with Crippen molar-refractivity contribution in [2.75, 3.05) is 19.5 Å². The molecular weight excluding hydrogens is 407 g/mol. The number of aryl methyl sites for hydroxylation is 1. The van der Waals surface area contributed by atoms with Crippen LogP contribution in [0.5, 0.6) is 5.75 Å². The average Bonchev–Trinajstić information content (AvgIpc) is 2.68. The summed E-state index contributed by atoms with van der Waals surface area (Å²) in [7, 11) is 3.70. The van der Waals surface area contributed by atoms with Crippen LogP contribution in [-0.4, -0.2) is 31.2 Å². The maximum Gasteiger partial charge on any atom is 0.202 e. The van der Waals surface area contributed by atoms with Crippen LogP contribution < -0.4 is 15.4 Å². The SMILES string of the molecule is COc1ccc(NC2=NC=C3CC(c4c(Cl)cccc4Cl)=CN(C)C3N2)cc1C. The summed E-state index contributed by atoms with van der Waals surface area (Å²) in [4.78, 5) is 6.68. The van der Waals surface area contributed by atoms with Gasteiger partial charge in [-0.15, -0.1) is 0 Å². The lowest BCUT2D eigenvalue weighted by molar-refractivity contribution is 0.334. The largest absolute Gasteiger partial charge is 0.496 e. The lowest BCUT2D eigenvalue weighted by atomic mass is 9.93. The monoisotopic (exact) mass is 428 g/mol. The number of anilines is 1. The van der Waals surface area contributed by atoms with Crippen LogP contribution >= 0.6 is 23.2 Å². The average molecular weight is 429 g/mol. The Morgan fingerprint density at radius 3 is 2.66 bits per heavy atom. The van der Waals surface area contributed by atoms with Crippen LogP contribution in [0.15, 0.2) is 59.4 Å². The highest BCUT2D eigenvalue weighted by atomic mass is 35.5. The standard InChI is InChI=1S/C22H22Cl2N4O/c1-13-9-16(7-8-19(13)29-3)26-22-25-11-14-10-15(12-28(2)21(14)27-22)20-17(23)5-4-6-18(20)24/h4-9,11-12,21H,10H2,1-3H3,(H2,25,26,27). The molecule has 0 saturated carbocycles. The van der Waals surface area contributed by atoms with E-state index >= 15 is 0 Å². The maximum atomic E-state index is 6.41. The molecule has 5 nitrogen and oxygen atoms in total. The van der Waals surface area contributed by atoms with Gasteiger partial charge < -0.3 is 20.3 Å². The van der Waals surface area contributed by atoms with Crippen molar-refractivity contribution in [2.24, 2.45) is 4.99 Å². The van der Waals surface area contributed by atoms with Crippen LogP contribution in [0.2, 0.25) is 10.0 Å². The zero-order chi connectivity index (χ0) is 20.5. The minimum Gasteiger partial charge on any atom is -0.496 e. The van der Waals surface area contributed by atoms with Gasteiger partial charge in [-0.05, 0) is 54.0 Å². The number of allylic oxidation sites excluding steroid dienone is 1. The molecule has 2 N–H and O–H groups in total. The Bertz CT molecular complexity index is 1020. The number of nitrogens with zero attached hydrogens (tertiary/aromatic N) is 2. The number of methoxy groups -OCH3 is 1. The normalized spacial score (nSPS) is 18.2. The summed E-state index contributed by atoms with van der Waals surface area (Å²) in [6, 6.07) is 11.5. The topological polar surface area (TPSA) is 48.9 Å². The molecule has 29 heavy (non-hydrogen) atoms. The molecule has 2 aliphatic rings. The van der Waals surface area contributed by atoms with Crippen LogP contribution in [0.4, 0.5) is 5.69 Å². The Labute approximate surface area is 180 Å². The van der Waals surface area contributed by atoms with Crippen molar-refractivity contribution >= 4 is 40.4 Å². The van der Waals surface area contributed by atoms with Crippen LogP contribution in [0.3, 0.4) is 0 Å². The molecule has 0 spiro atoms. The summed E-state index contributed by atoms with van der Waals surface area (Å²) in [5.74, 6) is 1.56. The van der Waals surface area contributed by atoms with Gasteiger partial charge in [0.05, 0.1) is 7.11 Å². The number of hydrogen-bond acceptors (Lipinski definition) is 5. The zero-order valence-corrected chi connectivity index (χ0v) is 18.0. The number of rotatable bonds is 3. The lowest BCUT2D eigenvalue weighted by Gasteiger charge is -2.37. The molecule has 2 aliphatic heterocycles. The fourth-order valence-electron chi connectivity index (χ4n) is 3.69. The Morgan fingerprint density at radius 2 is 1.97 bits per heavy atom. The molecule has 2 heterocycles. The first kappa shape index (κ1) is 19.7. The van der Waals surface area contributed by atoms with Crippen molar-refractivity contribution in [1.82, 2.24) is 10.2 Å². The molecule has 2 aromatic carbocycles. The molecule has 0 saturated heterocycles. The van der Waals surface area contributed by atoms with Crippen molar-refractivity contribution in [1.29, 1.82) is 0 Å². The van der Waals surface area contributed by atoms with E-state index in [0.29, 0.717) is 16.0 Å². The van der Waals surface area contributed by atoms with Gasteiger partial charge >= 0.3 is 0 Å².